The Bertz CT molecular complexity index is 984. The van der Waals surface area contributed by atoms with Gasteiger partial charge in [0, 0.05) is 18.8 Å². The van der Waals surface area contributed by atoms with E-state index in [4.69, 9.17) is 5.73 Å². The molecule has 0 fully saturated rings. The summed E-state index contributed by atoms with van der Waals surface area (Å²) in [5.41, 5.74) is 10.5. The Hall–Kier alpha value is -2.70. The Kier molecular flexibility index (Phi) is 5.82. The van der Waals surface area contributed by atoms with Crippen molar-refractivity contribution in [3.05, 3.63) is 88.1 Å². The van der Waals surface area contributed by atoms with Crippen molar-refractivity contribution >= 4 is 24.4 Å². The van der Waals surface area contributed by atoms with Crippen molar-refractivity contribution < 1.29 is 8.78 Å². The molecule has 0 saturated carbocycles. The van der Waals surface area contributed by atoms with Crippen molar-refractivity contribution in [2.24, 2.45) is 10.7 Å². The number of nitrogens with zero attached hydrogens (tertiary/aromatic N) is 2. The summed E-state index contributed by atoms with van der Waals surface area (Å²) in [7, 11) is 2.01. The van der Waals surface area contributed by atoms with Crippen LogP contribution in [0.2, 0.25) is 0 Å². The molecule has 146 valence electrons. The number of nitrogens with one attached hydrogen (secondary N) is 1. The summed E-state index contributed by atoms with van der Waals surface area (Å²) < 4.78 is 27.3. The molecule has 2 aliphatic heterocycles. The molecule has 4 nitrogen and oxygen atoms in total. The molecule has 0 saturated heterocycles. The number of hydrogen-bond acceptors (Lipinski definition) is 4. The second-order valence-electron chi connectivity index (χ2n) is 6.89. The van der Waals surface area contributed by atoms with Crippen LogP contribution in [0, 0.1) is 11.6 Å². The molecule has 0 bridgehead atoms. The third kappa shape index (κ3) is 4.08. The Labute approximate surface area is 168 Å². The summed E-state index contributed by atoms with van der Waals surface area (Å²) in [6.45, 7) is 1.37. The van der Waals surface area contributed by atoms with Gasteiger partial charge in [-0.15, -0.1) is 12.4 Å². The number of rotatable bonds is 2. The maximum Gasteiger partial charge on any atom is 0.194 e. The van der Waals surface area contributed by atoms with Crippen LogP contribution in [-0.2, 0) is 0 Å². The summed E-state index contributed by atoms with van der Waals surface area (Å²) in [5, 5.41) is 3.16. The molecule has 28 heavy (non-hydrogen) atoms. The Morgan fingerprint density at radius 2 is 1.82 bits per heavy atom. The molecule has 4 rings (SSSR count). The SMILES string of the molecule is CN1CC2=C(NC(N)=NC2c2cccc(F)c2)/C(=C/c2cccc(F)c2)C1.Cl. The van der Waals surface area contributed by atoms with Gasteiger partial charge in [-0.2, -0.15) is 0 Å². The van der Waals surface area contributed by atoms with Crippen molar-refractivity contribution in [1.82, 2.24) is 10.2 Å². The molecule has 0 aromatic heterocycles. The molecule has 0 amide bonds. The van der Waals surface area contributed by atoms with Crippen molar-refractivity contribution in [1.29, 1.82) is 0 Å². The maximum absolute atomic E-state index is 13.8. The fourth-order valence-electron chi connectivity index (χ4n) is 3.63. The summed E-state index contributed by atoms with van der Waals surface area (Å²) >= 11 is 0. The third-order valence-corrected chi connectivity index (χ3v) is 4.73. The lowest BCUT2D eigenvalue weighted by molar-refractivity contribution is 0.368. The van der Waals surface area contributed by atoms with Gasteiger partial charge in [0.2, 0.25) is 0 Å². The zero-order chi connectivity index (χ0) is 19.0. The molecule has 2 heterocycles. The Balaban J connectivity index is 0.00000225. The highest BCUT2D eigenvalue weighted by molar-refractivity contribution is 5.85. The molecule has 3 N–H and O–H groups in total. The third-order valence-electron chi connectivity index (χ3n) is 4.73. The highest BCUT2D eigenvalue weighted by atomic mass is 35.5. The van der Waals surface area contributed by atoms with Gasteiger partial charge in [0.05, 0.1) is 0 Å². The lowest BCUT2D eigenvalue weighted by Crippen LogP contribution is -2.43. The van der Waals surface area contributed by atoms with Crippen LogP contribution in [0.3, 0.4) is 0 Å². The minimum atomic E-state index is -0.351. The van der Waals surface area contributed by atoms with Gasteiger partial charge >= 0.3 is 0 Å². The average Bonchev–Trinajstić information content (AvgIpc) is 2.62. The lowest BCUT2D eigenvalue weighted by Gasteiger charge is -2.36. The van der Waals surface area contributed by atoms with Crippen LogP contribution in [0.15, 0.2) is 70.4 Å². The molecule has 2 aliphatic rings. The first kappa shape index (κ1) is 20.0. The van der Waals surface area contributed by atoms with Gasteiger partial charge < -0.3 is 11.1 Å². The number of hydrogen-bond donors (Lipinski definition) is 2. The van der Waals surface area contributed by atoms with E-state index in [0.29, 0.717) is 13.1 Å². The standard InChI is InChI=1S/C21H20F2N4.ClH/c1-27-11-15(8-13-4-2-6-16(22)9-13)20-18(12-27)19(25-21(24)26-20)14-5-3-7-17(23)10-14;/h2-10,19H,11-12H2,1H3,(H3,24,25,26);1H/b15-8+;. The molecular formula is C21H21ClF2N4. The summed E-state index contributed by atoms with van der Waals surface area (Å²) in [6.07, 6.45) is 1.95. The second-order valence-corrected chi connectivity index (χ2v) is 6.89. The Morgan fingerprint density at radius 1 is 1.11 bits per heavy atom. The van der Waals surface area contributed by atoms with Gasteiger partial charge in [0.15, 0.2) is 5.96 Å². The van der Waals surface area contributed by atoms with E-state index in [1.807, 2.05) is 25.3 Å². The normalized spacial score (nSPS) is 20.9. The molecule has 7 heteroatoms. The van der Waals surface area contributed by atoms with E-state index in [1.165, 1.54) is 24.3 Å². The Morgan fingerprint density at radius 3 is 2.54 bits per heavy atom. The number of guanidine groups is 1. The van der Waals surface area contributed by atoms with Crippen molar-refractivity contribution in [2.45, 2.75) is 6.04 Å². The van der Waals surface area contributed by atoms with E-state index in [2.05, 4.69) is 15.2 Å². The number of nitrogens with two attached hydrogens (primary N) is 1. The van der Waals surface area contributed by atoms with Crippen LogP contribution < -0.4 is 11.1 Å². The molecule has 0 aliphatic carbocycles. The van der Waals surface area contributed by atoms with E-state index in [9.17, 15) is 8.78 Å². The predicted molar refractivity (Wildman–Crippen MR) is 110 cm³/mol. The highest BCUT2D eigenvalue weighted by Crippen LogP contribution is 2.36. The van der Waals surface area contributed by atoms with Crippen molar-refractivity contribution in [3.8, 4) is 0 Å². The number of benzene rings is 2. The predicted octanol–water partition coefficient (Wildman–Crippen LogP) is 3.63. The molecule has 0 spiro atoms. The van der Waals surface area contributed by atoms with Crippen molar-refractivity contribution in [3.63, 3.8) is 0 Å². The zero-order valence-electron chi connectivity index (χ0n) is 15.3. The van der Waals surface area contributed by atoms with Gasteiger partial charge in [0.1, 0.15) is 17.7 Å². The highest BCUT2D eigenvalue weighted by Gasteiger charge is 2.31. The van der Waals surface area contributed by atoms with E-state index >= 15 is 0 Å². The van der Waals surface area contributed by atoms with Gasteiger partial charge in [-0.1, -0.05) is 24.3 Å². The first-order valence-corrected chi connectivity index (χ1v) is 8.73. The second kappa shape index (κ2) is 8.12. The van der Waals surface area contributed by atoms with Gasteiger partial charge in [-0.05, 0) is 59.7 Å². The summed E-state index contributed by atoms with van der Waals surface area (Å²) in [5.74, 6) is -0.294. The van der Waals surface area contributed by atoms with E-state index < -0.39 is 0 Å². The number of aliphatic imine (C=N–C) groups is 1. The van der Waals surface area contributed by atoms with Crippen LogP contribution in [0.1, 0.15) is 17.2 Å². The summed E-state index contributed by atoms with van der Waals surface area (Å²) in [4.78, 5) is 6.66. The van der Waals surface area contributed by atoms with E-state index in [0.717, 1.165) is 28.0 Å². The molecule has 2 aromatic carbocycles. The first-order chi connectivity index (χ1) is 13.0. The van der Waals surface area contributed by atoms with Gasteiger partial charge in [-0.25, -0.2) is 13.8 Å². The molecular weight excluding hydrogens is 382 g/mol. The van der Waals surface area contributed by atoms with Gasteiger partial charge in [0.25, 0.3) is 0 Å². The van der Waals surface area contributed by atoms with Crippen molar-refractivity contribution in [2.75, 3.05) is 20.1 Å². The smallest absolute Gasteiger partial charge is 0.194 e. The quantitative estimate of drug-likeness (QED) is 0.806. The summed E-state index contributed by atoms with van der Waals surface area (Å²) in [6, 6.07) is 12.5. The van der Waals surface area contributed by atoms with Crippen LogP contribution in [0.5, 0.6) is 0 Å². The zero-order valence-corrected chi connectivity index (χ0v) is 16.1. The average molecular weight is 403 g/mol. The lowest BCUT2D eigenvalue weighted by atomic mass is 9.89. The largest absolute Gasteiger partial charge is 0.370 e. The fraction of sp³-hybridized carbons (Fsp3) is 0.190. The fourth-order valence-corrected chi connectivity index (χ4v) is 3.63. The van der Waals surface area contributed by atoms with E-state index in [1.54, 1.807) is 12.1 Å². The molecule has 0 radical (unpaired) electrons. The maximum atomic E-state index is 13.8. The number of likely N-dealkylation sites (N-methyl/N-ethyl adjacent to an activating group) is 1. The minimum absolute atomic E-state index is 0. The monoisotopic (exact) mass is 402 g/mol. The number of halogens is 3. The molecule has 1 atom stereocenters. The van der Waals surface area contributed by atoms with E-state index in [-0.39, 0.29) is 36.0 Å². The van der Waals surface area contributed by atoms with Crippen LogP contribution >= 0.6 is 12.4 Å². The van der Waals surface area contributed by atoms with Crippen LogP contribution in [0.4, 0.5) is 8.78 Å². The molecule has 1 unspecified atom stereocenters. The first-order valence-electron chi connectivity index (χ1n) is 8.73. The van der Waals surface area contributed by atoms with Crippen LogP contribution in [0.25, 0.3) is 6.08 Å². The molecule has 2 aromatic rings. The topological polar surface area (TPSA) is 53.6 Å². The minimum Gasteiger partial charge on any atom is -0.370 e. The van der Waals surface area contributed by atoms with Crippen LogP contribution in [-0.4, -0.2) is 31.0 Å². The van der Waals surface area contributed by atoms with Gasteiger partial charge in [-0.3, -0.25) is 4.90 Å².